The van der Waals surface area contributed by atoms with Gasteiger partial charge in [0.15, 0.2) is 0 Å². The lowest BCUT2D eigenvalue weighted by Crippen LogP contribution is -2.50. The minimum Gasteiger partial charge on any atom is -0.322 e. The topological polar surface area (TPSA) is 35.6 Å². The highest BCUT2D eigenvalue weighted by Crippen LogP contribution is 2.19. The van der Waals surface area contributed by atoms with Crippen molar-refractivity contribution in [2.45, 2.75) is 13.8 Å². The molecule has 1 N–H and O–H groups in total. The van der Waals surface area contributed by atoms with Gasteiger partial charge in [-0.1, -0.05) is 25.4 Å². The van der Waals surface area contributed by atoms with Crippen LogP contribution in [0.25, 0.3) is 0 Å². The van der Waals surface area contributed by atoms with Crippen LogP contribution in [0.15, 0.2) is 18.2 Å². The van der Waals surface area contributed by atoms with Gasteiger partial charge in [0.05, 0.1) is 5.02 Å². The van der Waals surface area contributed by atoms with E-state index in [1.165, 1.54) is 18.2 Å². The number of amides is 2. The lowest BCUT2D eigenvalue weighted by Gasteiger charge is -2.35. The number of benzene rings is 1. The Morgan fingerprint density at radius 2 is 2.00 bits per heavy atom. The normalized spacial score (nSPS) is 16.3. The summed E-state index contributed by atoms with van der Waals surface area (Å²) in [5, 5.41) is 2.76. The summed E-state index contributed by atoms with van der Waals surface area (Å²) >= 11 is 5.70. The van der Waals surface area contributed by atoms with E-state index in [0.29, 0.717) is 24.7 Å². The molecule has 1 aliphatic rings. The number of hydrogen-bond acceptors (Lipinski definition) is 2. The molecule has 6 heteroatoms. The quantitative estimate of drug-likeness (QED) is 0.929. The summed E-state index contributed by atoms with van der Waals surface area (Å²) in [7, 11) is 0. The number of nitrogens with one attached hydrogen (secondary N) is 1. The fourth-order valence-electron chi connectivity index (χ4n) is 2.43. The second kappa shape index (κ2) is 7.09. The molecule has 4 nitrogen and oxygen atoms in total. The van der Waals surface area contributed by atoms with Gasteiger partial charge in [0.1, 0.15) is 5.82 Å². The third kappa shape index (κ3) is 4.58. The number of nitrogens with zero attached hydrogens (tertiary/aromatic N) is 2. The van der Waals surface area contributed by atoms with Crippen molar-refractivity contribution in [1.82, 2.24) is 9.80 Å². The zero-order valence-electron chi connectivity index (χ0n) is 12.4. The molecular weight excluding hydrogens is 293 g/mol. The number of rotatable bonds is 3. The van der Waals surface area contributed by atoms with Crippen molar-refractivity contribution in [3.63, 3.8) is 0 Å². The molecule has 0 spiro atoms. The van der Waals surface area contributed by atoms with E-state index in [2.05, 4.69) is 24.1 Å². The molecule has 116 valence electrons. The summed E-state index contributed by atoms with van der Waals surface area (Å²) in [6.07, 6.45) is 0. The van der Waals surface area contributed by atoms with Crippen LogP contribution in [-0.4, -0.2) is 48.6 Å². The molecule has 0 aromatic heterocycles. The molecule has 2 amide bonds. The molecule has 1 heterocycles. The van der Waals surface area contributed by atoms with Crippen LogP contribution in [0.4, 0.5) is 14.9 Å². The van der Waals surface area contributed by atoms with Gasteiger partial charge in [-0.25, -0.2) is 9.18 Å². The van der Waals surface area contributed by atoms with Crippen molar-refractivity contribution in [3.05, 3.63) is 29.0 Å². The van der Waals surface area contributed by atoms with Gasteiger partial charge in [0.2, 0.25) is 0 Å². The van der Waals surface area contributed by atoms with Gasteiger partial charge in [0.25, 0.3) is 0 Å². The number of carbonyl (C=O) groups is 1. The second-order valence-electron chi connectivity index (χ2n) is 5.74. The second-order valence-corrected chi connectivity index (χ2v) is 6.15. The lowest BCUT2D eigenvalue weighted by molar-refractivity contribution is 0.138. The van der Waals surface area contributed by atoms with Gasteiger partial charge in [-0.15, -0.1) is 0 Å². The Morgan fingerprint density at radius 1 is 1.33 bits per heavy atom. The molecule has 0 radical (unpaired) electrons. The summed E-state index contributed by atoms with van der Waals surface area (Å²) in [6, 6.07) is 4.01. The molecule has 0 saturated carbocycles. The summed E-state index contributed by atoms with van der Waals surface area (Å²) in [6.45, 7) is 8.62. The number of anilines is 1. The number of halogens is 2. The Balaban J connectivity index is 1.86. The Kier molecular flexibility index (Phi) is 5.42. The first-order chi connectivity index (χ1) is 9.95. The zero-order valence-corrected chi connectivity index (χ0v) is 13.2. The van der Waals surface area contributed by atoms with E-state index in [4.69, 9.17) is 11.6 Å². The van der Waals surface area contributed by atoms with Crippen molar-refractivity contribution < 1.29 is 9.18 Å². The fourth-order valence-corrected chi connectivity index (χ4v) is 2.61. The monoisotopic (exact) mass is 313 g/mol. The van der Waals surface area contributed by atoms with Crippen molar-refractivity contribution in [3.8, 4) is 0 Å². The van der Waals surface area contributed by atoms with Crippen molar-refractivity contribution in [2.24, 2.45) is 5.92 Å². The largest absolute Gasteiger partial charge is 0.322 e. The van der Waals surface area contributed by atoms with E-state index >= 15 is 0 Å². The van der Waals surface area contributed by atoms with Crippen LogP contribution in [-0.2, 0) is 0 Å². The molecule has 0 aliphatic carbocycles. The van der Waals surface area contributed by atoms with Crippen molar-refractivity contribution >= 4 is 23.3 Å². The van der Waals surface area contributed by atoms with Gasteiger partial charge < -0.3 is 10.2 Å². The highest BCUT2D eigenvalue weighted by Gasteiger charge is 2.21. The Labute approximate surface area is 129 Å². The average molecular weight is 314 g/mol. The molecule has 21 heavy (non-hydrogen) atoms. The molecule has 1 aromatic rings. The van der Waals surface area contributed by atoms with Gasteiger partial charge in [-0.2, -0.15) is 0 Å². The summed E-state index contributed by atoms with van der Waals surface area (Å²) in [5.41, 5.74) is 0.510. The smallest absolute Gasteiger partial charge is 0.321 e. The molecule has 1 saturated heterocycles. The zero-order chi connectivity index (χ0) is 15.4. The van der Waals surface area contributed by atoms with Crippen molar-refractivity contribution in [1.29, 1.82) is 0 Å². The van der Waals surface area contributed by atoms with Gasteiger partial charge >= 0.3 is 6.03 Å². The van der Waals surface area contributed by atoms with Crippen LogP contribution < -0.4 is 5.32 Å². The van der Waals surface area contributed by atoms with E-state index in [1.54, 1.807) is 4.90 Å². The number of piperazine rings is 1. The molecule has 0 bridgehead atoms. The molecule has 2 rings (SSSR count). The predicted octanol–water partition coefficient (Wildman–Crippen LogP) is 3.28. The first kappa shape index (κ1) is 16.0. The Bertz CT molecular complexity index is 502. The van der Waals surface area contributed by atoms with Crippen LogP contribution in [0.3, 0.4) is 0 Å². The maximum absolute atomic E-state index is 13.1. The first-order valence-corrected chi connectivity index (χ1v) is 7.57. The van der Waals surface area contributed by atoms with E-state index in [9.17, 15) is 9.18 Å². The minimum atomic E-state index is -0.489. The molecule has 1 aliphatic heterocycles. The van der Waals surface area contributed by atoms with E-state index in [0.717, 1.165) is 19.6 Å². The summed E-state index contributed by atoms with van der Waals surface area (Å²) in [5.74, 6) is 0.142. The molecule has 0 atom stereocenters. The minimum absolute atomic E-state index is 0.00885. The highest BCUT2D eigenvalue weighted by atomic mass is 35.5. The molecule has 1 aromatic carbocycles. The number of hydrogen-bond donors (Lipinski definition) is 1. The van der Waals surface area contributed by atoms with Crippen LogP contribution in [0.1, 0.15) is 13.8 Å². The predicted molar refractivity (Wildman–Crippen MR) is 83.3 cm³/mol. The highest BCUT2D eigenvalue weighted by molar-refractivity contribution is 6.31. The summed E-state index contributed by atoms with van der Waals surface area (Å²) in [4.78, 5) is 16.3. The van der Waals surface area contributed by atoms with Crippen molar-refractivity contribution in [2.75, 3.05) is 38.0 Å². The van der Waals surface area contributed by atoms with Crippen LogP contribution in [0.5, 0.6) is 0 Å². The van der Waals surface area contributed by atoms with E-state index in [1.807, 2.05) is 0 Å². The van der Waals surface area contributed by atoms with Gasteiger partial charge in [0, 0.05) is 38.4 Å². The van der Waals surface area contributed by atoms with Gasteiger partial charge in [-0.3, -0.25) is 4.90 Å². The lowest BCUT2D eigenvalue weighted by atomic mass is 10.2. The third-order valence-corrected chi connectivity index (χ3v) is 3.74. The number of urea groups is 1. The van der Waals surface area contributed by atoms with Crippen LogP contribution in [0.2, 0.25) is 5.02 Å². The molecular formula is C15H21ClFN3O. The summed E-state index contributed by atoms with van der Waals surface area (Å²) < 4.78 is 13.1. The van der Waals surface area contributed by atoms with Crippen LogP contribution in [0, 0.1) is 11.7 Å². The molecule has 0 unspecified atom stereocenters. The third-order valence-electron chi connectivity index (χ3n) is 3.45. The maximum Gasteiger partial charge on any atom is 0.321 e. The van der Waals surface area contributed by atoms with Crippen LogP contribution >= 0.6 is 11.6 Å². The molecule has 1 fully saturated rings. The fraction of sp³-hybridized carbons (Fsp3) is 0.533. The number of carbonyl (C=O) groups excluding carboxylic acids is 1. The van der Waals surface area contributed by atoms with E-state index < -0.39 is 5.82 Å². The SMILES string of the molecule is CC(C)CN1CCN(C(=O)Nc2ccc(F)c(Cl)c2)CC1. The average Bonchev–Trinajstić information content (AvgIpc) is 2.43. The Hall–Kier alpha value is -1.33. The standard InChI is InChI=1S/C15H21ClFN3O/c1-11(2)10-19-5-7-20(8-6-19)15(21)18-12-3-4-14(17)13(16)9-12/h3-4,9,11H,5-8,10H2,1-2H3,(H,18,21). The Morgan fingerprint density at radius 3 is 2.57 bits per heavy atom. The van der Waals surface area contributed by atoms with E-state index in [-0.39, 0.29) is 11.1 Å². The first-order valence-electron chi connectivity index (χ1n) is 7.19. The van der Waals surface area contributed by atoms with Gasteiger partial charge in [-0.05, 0) is 24.1 Å². The maximum atomic E-state index is 13.1.